The summed E-state index contributed by atoms with van der Waals surface area (Å²) in [5.74, 6) is -0.193. The highest BCUT2D eigenvalue weighted by Gasteiger charge is 2.45. The van der Waals surface area contributed by atoms with E-state index in [1.165, 1.54) is 0 Å². The third-order valence-electron chi connectivity index (χ3n) is 3.84. The van der Waals surface area contributed by atoms with Gasteiger partial charge in [-0.25, -0.2) is 4.79 Å². The van der Waals surface area contributed by atoms with Crippen LogP contribution in [0.3, 0.4) is 0 Å². The molecule has 5 nitrogen and oxygen atoms in total. The highest BCUT2D eigenvalue weighted by atomic mass is 16.6. The van der Waals surface area contributed by atoms with Crippen LogP contribution in [0.15, 0.2) is 12.2 Å². The van der Waals surface area contributed by atoms with Gasteiger partial charge in [-0.15, -0.1) is 6.58 Å². The van der Waals surface area contributed by atoms with E-state index in [0.717, 1.165) is 5.57 Å². The summed E-state index contributed by atoms with van der Waals surface area (Å²) in [6.45, 7) is 18.0. The van der Waals surface area contributed by atoms with E-state index in [0.29, 0.717) is 32.4 Å². The van der Waals surface area contributed by atoms with E-state index in [1.807, 2.05) is 48.5 Å². The van der Waals surface area contributed by atoms with Crippen molar-refractivity contribution in [1.29, 1.82) is 0 Å². The van der Waals surface area contributed by atoms with Gasteiger partial charge in [0.2, 0.25) is 0 Å². The van der Waals surface area contributed by atoms with Crippen LogP contribution >= 0.6 is 0 Å². The number of carbonyl (C=O) groups excluding carboxylic acids is 2. The Kier molecular flexibility index (Phi) is 6.12. The van der Waals surface area contributed by atoms with E-state index in [9.17, 15) is 9.59 Å². The normalized spacial score (nSPS) is 18.0. The molecule has 0 N–H and O–H groups in total. The molecule has 0 aromatic heterocycles. The molecule has 5 heteroatoms. The molecule has 1 saturated heterocycles. The van der Waals surface area contributed by atoms with Gasteiger partial charge in [-0.3, -0.25) is 4.79 Å². The van der Waals surface area contributed by atoms with Crippen LogP contribution in [0.5, 0.6) is 0 Å². The number of esters is 1. The van der Waals surface area contributed by atoms with Crippen molar-refractivity contribution in [3.8, 4) is 0 Å². The highest BCUT2D eigenvalue weighted by Crippen LogP contribution is 2.40. The molecule has 0 saturated carbocycles. The van der Waals surface area contributed by atoms with E-state index < -0.39 is 16.6 Å². The number of likely N-dealkylation sites (tertiary alicyclic amines) is 1. The molecule has 0 atom stereocenters. The first kappa shape index (κ1) is 20.5. The molecule has 1 fully saturated rings. The molecule has 0 aromatic carbocycles. The SMILES string of the molecule is C=C(C)CC1(C(=O)OC(C)(C)C)CCN(C(=O)OC(C)(C)C)CC1. The van der Waals surface area contributed by atoms with Gasteiger partial charge in [-0.05, 0) is 67.7 Å². The number of amides is 1. The standard InChI is InChI=1S/C19H33NO4/c1-14(2)13-19(15(21)23-17(3,4)5)9-11-20(12-10-19)16(22)24-18(6,7)8/h1,9-13H2,2-8H3. The summed E-state index contributed by atoms with van der Waals surface area (Å²) in [5, 5.41) is 0. The van der Waals surface area contributed by atoms with Crippen LogP contribution in [0.4, 0.5) is 4.79 Å². The summed E-state index contributed by atoms with van der Waals surface area (Å²) in [6.07, 6.45) is 1.39. The molecular weight excluding hydrogens is 306 g/mol. The molecule has 0 unspecified atom stereocenters. The molecule has 1 amide bonds. The zero-order chi connectivity index (χ0) is 18.8. The van der Waals surface area contributed by atoms with Gasteiger partial charge in [0.05, 0.1) is 5.41 Å². The minimum Gasteiger partial charge on any atom is -0.460 e. The summed E-state index contributed by atoms with van der Waals surface area (Å²) in [4.78, 5) is 26.7. The van der Waals surface area contributed by atoms with Crippen molar-refractivity contribution in [3.05, 3.63) is 12.2 Å². The lowest BCUT2D eigenvalue weighted by atomic mass is 9.74. The van der Waals surface area contributed by atoms with Crippen molar-refractivity contribution >= 4 is 12.1 Å². The molecule has 0 aromatic rings. The van der Waals surface area contributed by atoms with Crippen LogP contribution in [-0.2, 0) is 14.3 Å². The lowest BCUT2D eigenvalue weighted by molar-refractivity contribution is -0.170. The van der Waals surface area contributed by atoms with Crippen molar-refractivity contribution in [1.82, 2.24) is 4.90 Å². The zero-order valence-corrected chi connectivity index (χ0v) is 16.3. The summed E-state index contributed by atoms with van der Waals surface area (Å²) in [6, 6.07) is 0. The van der Waals surface area contributed by atoms with E-state index in [2.05, 4.69) is 6.58 Å². The first-order valence-corrected chi connectivity index (χ1v) is 8.60. The Bertz CT molecular complexity index is 488. The van der Waals surface area contributed by atoms with Gasteiger partial charge < -0.3 is 14.4 Å². The number of allylic oxidation sites excluding steroid dienone is 1. The number of ether oxygens (including phenoxy) is 2. The fraction of sp³-hybridized carbons (Fsp3) is 0.789. The number of carbonyl (C=O) groups is 2. The van der Waals surface area contributed by atoms with E-state index in [1.54, 1.807) is 4.90 Å². The maximum Gasteiger partial charge on any atom is 0.410 e. The molecule has 24 heavy (non-hydrogen) atoms. The number of nitrogens with zero attached hydrogens (tertiary/aromatic N) is 1. The van der Waals surface area contributed by atoms with Gasteiger partial charge in [0.15, 0.2) is 0 Å². The van der Waals surface area contributed by atoms with Gasteiger partial charge in [0.1, 0.15) is 11.2 Å². The lowest BCUT2D eigenvalue weighted by Crippen LogP contribution is -2.49. The molecule has 1 aliphatic heterocycles. The molecule has 0 aliphatic carbocycles. The monoisotopic (exact) mass is 339 g/mol. The number of rotatable bonds is 3. The molecular formula is C19H33NO4. The van der Waals surface area contributed by atoms with Gasteiger partial charge in [-0.1, -0.05) is 5.57 Å². The predicted octanol–water partition coefficient (Wildman–Crippen LogP) is 4.31. The molecule has 138 valence electrons. The minimum absolute atomic E-state index is 0.193. The van der Waals surface area contributed by atoms with Crippen molar-refractivity contribution in [2.24, 2.45) is 5.41 Å². The maximum atomic E-state index is 12.8. The first-order chi connectivity index (χ1) is 10.7. The first-order valence-electron chi connectivity index (χ1n) is 8.60. The van der Waals surface area contributed by atoms with Crippen LogP contribution in [0, 0.1) is 5.41 Å². The van der Waals surface area contributed by atoms with E-state index in [4.69, 9.17) is 9.47 Å². The average molecular weight is 339 g/mol. The topological polar surface area (TPSA) is 55.8 Å². The lowest BCUT2D eigenvalue weighted by Gasteiger charge is -2.41. The summed E-state index contributed by atoms with van der Waals surface area (Å²) < 4.78 is 11.1. The minimum atomic E-state index is -0.600. The molecule has 1 heterocycles. The Morgan fingerprint density at radius 3 is 1.83 bits per heavy atom. The third-order valence-corrected chi connectivity index (χ3v) is 3.84. The molecule has 0 bridgehead atoms. The van der Waals surface area contributed by atoms with Crippen LogP contribution < -0.4 is 0 Å². The van der Waals surface area contributed by atoms with Gasteiger partial charge in [0.25, 0.3) is 0 Å². The van der Waals surface area contributed by atoms with Gasteiger partial charge in [-0.2, -0.15) is 0 Å². The average Bonchev–Trinajstić information content (AvgIpc) is 2.34. The fourth-order valence-electron chi connectivity index (χ4n) is 2.86. The second kappa shape index (κ2) is 7.16. The van der Waals surface area contributed by atoms with E-state index >= 15 is 0 Å². The molecule has 1 aliphatic rings. The van der Waals surface area contributed by atoms with Crippen LogP contribution in [-0.4, -0.2) is 41.3 Å². The third kappa shape index (κ3) is 6.17. The second-order valence-electron chi connectivity index (χ2n) is 8.88. The fourth-order valence-corrected chi connectivity index (χ4v) is 2.86. The number of piperidine rings is 1. The number of hydrogen-bond acceptors (Lipinski definition) is 4. The Morgan fingerprint density at radius 1 is 1.00 bits per heavy atom. The van der Waals surface area contributed by atoms with E-state index in [-0.39, 0.29) is 12.1 Å². The molecule has 0 spiro atoms. The highest BCUT2D eigenvalue weighted by molar-refractivity contribution is 5.78. The Labute approximate surface area is 146 Å². The summed E-state index contributed by atoms with van der Waals surface area (Å²) in [7, 11) is 0. The number of hydrogen-bond donors (Lipinski definition) is 0. The van der Waals surface area contributed by atoms with Gasteiger partial charge in [0, 0.05) is 13.1 Å². The summed E-state index contributed by atoms with van der Waals surface area (Å²) in [5.41, 5.74) is -0.695. The Morgan fingerprint density at radius 2 is 1.46 bits per heavy atom. The quantitative estimate of drug-likeness (QED) is 0.568. The zero-order valence-electron chi connectivity index (χ0n) is 16.3. The smallest absolute Gasteiger partial charge is 0.410 e. The largest absolute Gasteiger partial charge is 0.460 e. The van der Waals surface area contributed by atoms with Crippen molar-refractivity contribution in [3.63, 3.8) is 0 Å². The summed E-state index contributed by atoms with van der Waals surface area (Å²) >= 11 is 0. The van der Waals surface area contributed by atoms with Crippen LogP contribution in [0.1, 0.15) is 67.7 Å². The van der Waals surface area contributed by atoms with Crippen molar-refractivity contribution in [2.75, 3.05) is 13.1 Å². The van der Waals surface area contributed by atoms with Crippen LogP contribution in [0.25, 0.3) is 0 Å². The molecule has 1 rings (SSSR count). The van der Waals surface area contributed by atoms with Gasteiger partial charge >= 0.3 is 12.1 Å². The Balaban J connectivity index is 2.83. The van der Waals surface area contributed by atoms with Crippen molar-refractivity contribution in [2.45, 2.75) is 78.9 Å². The maximum absolute atomic E-state index is 12.8. The van der Waals surface area contributed by atoms with Crippen LogP contribution in [0.2, 0.25) is 0 Å². The Hall–Kier alpha value is -1.52. The molecule has 0 radical (unpaired) electrons. The van der Waals surface area contributed by atoms with Crippen molar-refractivity contribution < 1.29 is 19.1 Å². The second-order valence-corrected chi connectivity index (χ2v) is 8.88. The predicted molar refractivity (Wildman–Crippen MR) is 94.8 cm³/mol.